The summed E-state index contributed by atoms with van der Waals surface area (Å²) in [5.41, 5.74) is 0. The molecule has 2 fully saturated rings. The molecule has 2 aliphatic rings. The van der Waals surface area contributed by atoms with E-state index in [4.69, 9.17) is 0 Å². The van der Waals surface area contributed by atoms with Crippen molar-refractivity contribution >= 4 is 27.6 Å². The van der Waals surface area contributed by atoms with Crippen LogP contribution in [0.25, 0.3) is 0 Å². The van der Waals surface area contributed by atoms with Crippen LogP contribution in [-0.2, 0) is 14.8 Å². The molecular formula is C16H26N6O3S. The van der Waals surface area contributed by atoms with Gasteiger partial charge in [0.05, 0.1) is 12.8 Å². The first-order chi connectivity index (χ1) is 12.3. The average molecular weight is 382 g/mol. The van der Waals surface area contributed by atoms with Crippen molar-refractivity contribution in [3.05, 3.63) is 12.1 Å². The zero-order chi connectivity index (χ0) is 18.7. The Kier molecular flexibility index (Phi) is 5.61. The SMILES string of the molecule is CN(CC(=O)N1CCN(c2ccc(N3CCCC3)nn2)CC1)S(C)(=O)=O. The van der Waals surface area contributed by atoms with Crippen LogP contribution in [-0.4, -0.2) is 92.8 Å². The molecule has 3 heterocycles. The fraction of sp³-hybridized carbons (Fsp3) is 0.688. The third-order valence-corrected chi connectivity index (χ3v) is 6.21. The van der Waals surface area contributed by atoms with Gasteiger partial charge in [0.1, 0.15) is 0 Å². The topological polar surface area (TPSA) is 90.0 Å². The van der Waals surface area contributed by atoms with E-state index in [2.05, 4.69) is 20.0 Å². The van der Waals surface area contributed by atoms with Crippen molar-refractivity contribution in [2.45, 2.75) is 12.8 Å². The summed E-state index contributed by atoms with van der Waals surface area (Å²) in [5.74, 6) is 1.56. The molecule has 144 valence electrons. The van der Waals surface area contributed by atoms with E-state index in [1.165, 1.54) is 19.9 Å². The van der Waals surface area contributed by atoms with Gasteiger partial charge in [-0.15, -0.1) is 10.2 Å². The fourth-order valence-electron chi connectivity index (χ4n) is 3.19. The third kappa shape index (κ3) is 4.42. The van der Waals surface area contributed by atoms with E-state index in [9.17, 15) is 13.2 Å². The number of hydrogen-bond donors (Lipinski definition) is 0. The summed E-state index contributed by atoms with van der Waals surface area (Å²) in [5, 5.41) is 8.68. The second-order valence-electron chi connectivity index (χ2n) is 6.83. The van der Waals surface area contributed by atoms with Gasteiger partial charge in [-0.3, -0.25) is 4.79 Å². The van der Waals surface area contributed by atoms with Crippen LogP contribution in [0.2, 0.25) is 0 Å². The molecule has 0 atom stereocenters. The molecule has 1 aromatic rings. The molecular weight excluding hydrogens is 356 g/mol. The molecule has 0 aromatic carbocycles. The van der Waals surface area contributed by atoms with Crippen LogP contribution in [0, 0.1) is 0 Å². The second kappa shape index (κ2) is 7.75. The van der Waals surface area contributed by atoms with Crippen LogP contribution in [0.3, 0.4) is 0 Å². The monoisotopic (exact) mass is 382 g/mol. The number of piperazine rings is 1. The summed E-state index contributed by atoms with van der Waals surface area (Å²) in [4.78, 5) is 18.3. The Bertz CT molecular complexity index is 725. The number of likely N-dealkylation sites (N-methyl/N-ethyl adjacent to an activating group) is 1. The molecule has 2 aliphatic heterocycles. The molecule has 1 aromatic heterocycles. The Hall–Kier alpha value is -1.94. The molecule has 0 N–H and O–H groups in total. The normalized spacial score (nSPS) is 18.7. The van der Waals surface area contributed by atoms with Crippen molar-refractivity contribution in [3.8, 4) is 0 Å². The highest BCUT2D eigenvalue weighted by molar-refractivity contribution is 7.88. The Morgan fingerprint density at radius 2 is 1.50 bits per heavy atom. The quantitative estimate of drug-likeness (QED) is 0.685. The minimum absolute atomic E-state index is 0.122. The van der Waals surface area contributed by atoms with Crippen LogP contribution in [0.4, 0.5) is 11.6 Å². The number of carbonyl (C=O) groups excluding carboxylic acids is 1. The second-order valence-corrected chi connectivity index (χ2v) is 8.92. The molecule has 1 amide bonds. The molecule has 0 spiro atoms. The summed E-state index contributed by atoms with van der Waals surface area (Å²) in [7, 11) is -1.93. The molecule has 2 saturated heterocycles. The Morgan fingerprint density at radius 1 is 1.00 bits per heavy atom. The number of nitrogens with zero attached hydrogens (tertiary/aromatic N) is 6. The third-order valence-electron chi connectivity index (χ3n) is 4.95. The summed E-state index contributed by atoms with van der Waals surface area (Å²) in [6.45, 7) is 4.37. The van der Waals surface area contributed by atoms with E-state index < -0.39 is 10.0 Å². The number of anilines is 2. The molecule has 0 bridgehead atoms. The molecule has 9 nitrogen and oxygen atoms in total. The van der Waals surface area contributed by atoms with Gasteiger partial charge in [0.25, 0.3) is 0 Å². The van der Waals surface area contributed by atoms with Gasteiger partial charge in [-0.2, -0.15) is 4.31 Å². The molecule has 0 saturated carbocycles. The van der Waals surface area contributed by atoms with Crippen LogP contribution in [0.15, 0.2) is 12.1 Å². The lowest BCUT2D eigenvalue weighted by molar-refractivity contribution is -0.131. The molecule has 10 heteroatoms. The number of hydrogen-bond acceptors (Lipinski definition) is 7. The van der Waals surface area contributed by atoms with Gasteiger partial charge in [0.15, 0.2) is 11.6 Å². The van der Waals surface area contributed by atoms with Crippen molar-refractivity contribution in [2.24, 2.45) is 0 Å². The van der Waals surface area contributed by atoms with Gasteiger partial charge in [-0.25, -0.2) is 8.42 Å². The van der Waals surface area contributed by atoms with Crippen molar-refractivity contribution in [2.75, 3.05) is 68.9 Å². The minimum Gasteiger partial charge on any atom is -0.355 e. The standard InChI is InChI=1S/C16H26N6O3S/c1-19(26(2,24)25)13-16(23)22-11-9-21(10-12-22)15-6-5-14(17-18-15)20-7-3-4-8-20/h5-6H,3-4,7-13H2,1-2H3. The summed E-state index contributed by atoms with van der Waals surface area (Å²) < 4.78 is 23.9. The van der Waals surface area contributed by atoms with Gasteiger partial charge in [-0.1, -0.05) is 0 Å². The zero-order valence-corrected chi connectivity index (χ0v) is 16.2. The van der Waals surface area contributed by atoms with Crippen LogP contribution < -0.4 is 9.80 Å². The molecule has 3 rings (SSSR count). The Balaban J connectivity index is 1.52. The number of amides is 1. The first-order valence-corrected chi connectivity index (χ1v) is 10.7. The minimum atomic E-state index is -3.35. The molecule has 0 radical (unpaired) electrons. The molecule has 0 aliphatic carbocycles. The number of carbonyl (C=O) groups is 1. The number of sulfonamides is 1. The van der Waals surface area contributed by atoms with E-state index in [0.717, 1.165) is 35.3 Å². The first-order valence-electron chi connectivity index (χ1n) is 8.87. The Morgan fingerprint density at radius 3 is 1.96 bits per heavy atom. The largest absolute Gasteiger partial charge is 0.355 e. The maximum Gasteiger partial charge on any atom is 0.238 e. The number of rotatable bonds is 5. The lowest BCUT2D eigenvalue weighted by atomic mass is 10.3. The van der Waals surface area contributed by atoms with Crippen molar-refractivity contribution < 1.29 is 13.2 Å². The predicted octanol–water partition coefficient (Wildman–Crippen LogP) is -0.383. The zero-order valence-electron chi connectivity index (χ0n) is 15.3. The van der Waals surface area contributed by atoms with Crippen LogP contribution in [0.5, 0.6) is 0 Å². The van der Waals surface area contributed by atoms with Gasteiger partial charge >= 0.3 is 0 Å². The Labute approximate surface area is 154 Å². The van der Waals surface area contributed by atoms with E-state index in [1.54, 1.807) is 4.90 Å². The van der Waals surface area contributed by atoms with E-state index >= 15 is 0 Å². The predicted molar refractivity (Wildman–Crippen MR) is 99.7 cm³/mol. The first kappa shape index (κ1) is 18.8. The van der Waals surface area contributed by atoms with Gasteiger partial charge in [-0.05, 0) is 25.0 Å². The van der Waals surface area contributed by atoms with Gasteiger partial charge < -0.3 is 14.7 Å². The number of aromatic nitrogens is 2. The highest BCUT2D eigenvalue weighted by Crippen LogP contribution is 2.20. The van der Waals surface area contributed by atoms with E-state index in [0.29, 0.717) is 26.2 Å². The lowest BCUT2D eigenvalue weighted by Gasteiger charge is -2.35. The lowest BCUT2D eigenvalue weighted by Crippen LogP contribution is -2.51. The van der Waals surface area contributed by atoms with Crippen molar-refractivity contribution in [1.29, 1.82) is 0 Å². The molecule has 0 unspecified atom stereocenters. The maximum absolute atomic E-state index is 12.3. The summed E-state index contributed by atoms with van der Waals surface area (Å²) >= 11 is 0. The van der Waals surface area contributed by atoms with E-state index in [-0.39, 0.29) is 12.5 Å². The van der Waals surface area contributed by atoms with Crippen LogP contribution in [0.1, 0.15) is 12.8 Å². The highest BCUT2D eigenvalue weighted by Gasteiger charge is 2.25. The fourth-order valence-corrected chi connectivity index (χ4v) is 3.54. The molecule has 26 heavy (non-hydrogen) atoms. The summed E-state index contributed by atoms with van der Waals surface area (Å²) in [6, 6.07) is 3.99. The van der Waals surface area contributed by atoms with Crippen LogP contribution >= 0.6 is 0 Å². The summed E-state index contributed by atoms with van der Waals surface area (Å²) in [6.07, 6.45) is 3.50. The van der Waals surface area contributed by atoms with E-state index in [1.807, 2.05) is 12.1 Å². The van der Waals surface area contributed by atoms with Crippen molar-refractivity contribution in [3.63, 3.8) is 0 Å². The average Bonchev–Trinajstić information content (AvgIpc) is 3.16. The van der Waals surface area contributed by atoms with Crippen molar-refractivity contribution in [1.82, 2.24) is 19.4 Å². The van der Waals surface area contributed by atoms with Gasteiger partial charge in [0, 0.05) is 46.3 Å². The smallest absolute Gasteiger partial charge is 0.238 e. The maximum atomic E-state index is 12.3. The van der Waals surface area contributed by atoms with Gasteiger partial charge in [0.2, 0.25) is 15.9 Å². The highest BCUT2D eigenvalue weighted by atomic mass is 32.2.